The summed E-state index contributed by atoms with van der Waals surface area (Å²) < 4.78 is 39.0. The van der Waals surface area contributed by atoms with Crippen LogP contribution in [0.4, 0.5) is 13.2 Å². The minimum Gasteiger partial charge on any atom is -0.288 e. The van der Waals surface area contributed by atoms with E-state index in [1.807, 2.05) is 6.07 Å². The third-order valence-corrected chi connectivity index (χ3v) is 3.25. The van der Waals surface area contributed by atoms with Crippen molar-refractivity contribution in [3.05, 3.63) is 52.8 Å². The van der Waals surface area contributed by atoms with E-state index in [0.29, 0.717) is 27.8 Å². The lowest BCUT2D eigenvalue weighted by molar-refractivity contribution is -0.137. The first-order valence-corrected chi connectivity index (χ1v) is 6.08. The summed E-state index contributed by atoms with van der Waals surface area (Å²) >= 11 is 0. The highest BCUT2D eigenvalue weighted by molar-refractivity contribution is 5.94. The van der Waals surface area contributed by atoms with Crippen molar-refractivity contribution >= 4 is 6.21 Å². The van der Waals surface area contributed by atoms with Crippen LogP contribution in [0.5, 0.6) is 0 Å². The number of fused-ring (bicyclic) bond motifs is 1. The molecular weight excluding hydrogens is 279 g/mol. The first-order valence-electron chi connectivity index (χ1n) is 6.08. The van der Waals surface area contributed by atoms with Crippen LogP contribution in [0.1, 0.15) is 22.3 Å². The molecule has 1 aromatic heterocycles. The van der Waals surface area contributed by atoms with Gasteiger partial charge < -0.3 is 0 Å². The number of pyridine rings is 1. The van der Waals surface area contributed by atoms with E-state index in [2.05, 4.69) is 9.98 Å². The van der Waals surface area contributed by atoms with Crippen LogP contribution in [0.2, 0.25) is 0 Å². The van der Waals surface area contributed by atoms with E-state index >= 15 is 0 Å². The lowest BCUT2D eigenvalue weighted by Crippen LogP contribution is -2.07. The van der Waals surface area contributed by atoms with Crippen LogP contribution in [0.25, 0.3) is 11.1 Å². The molecule has 0 radical (unpaired) electrons. The van der Waals surface area contributed by atoms with Crippen LogP contribution in [0, 0.1) is 11.3 Å². The van der Waals surface area contributed by atoms with Gasteiger partial charge in [0.1, 0.15) is 6.07 Å². The predicted octanol–water partition coefficient (Wildman–Crippen LogP) is 3.57. The Morgan fingerprint density at radius 2 is 1.95 bits per heavy atom. The normalized spacial score (nSPS) is 13.0. The Bertz CT molecular complexity index is 786. The zero-order valence-electron chi connectivity index (χ0n) is 10.6. The van der Waals surface area contributed by atoms with Crippen molar-refractivity contribution < 1.29 is 13.2 Å². The number of nitriles is 1. The van der Waals surface area contributed by atoms with Gasteiger partial charge in [0, 0.05) is 29.7 Å². The predicted molar refractivity (Wildman–Crippen MR) is 70.7 cm³/mol. The Balaban J connectivity index is 2.24. The standard InChI is InChI=1S/C15H8F3N3/c16-15(17,18)12-2-11-7-21-8-14(11)13(3-12)10-1-9(4-19)5-20-6-10/h1-3,5-6,8H,7H2. The quantitative estimate of drug-likeness (QED) is 0.805. The van der Waals surface area contributed by atoms with Gasteiger partial charge in [0.15, 0.2) is 0 Å². The number of aromatic nitrogens is 1. The first-order chi connectivity index (χ1) is 9.99. The van der Waals surface area contributed by atoms with Crippen molar-refractivity contribution in [3.63, 3.8) is 0 Å². The molecule has 0 N–H and O–H groups in total. The molecule has 104 valence electrons. The van der Waals surface area contributed by atoms with Crippen LogP contribution in [-0.4, -0.2) is 11.2 Å². The number of rotatable bonds is 1. The second-order valence-electron chi connectivity index (χ2n) is 4.64. The van der Waals surface area contributed by atoms with Gasteiger partial charge in [0.05, 0.1) is 17.7 Å². The minimum atomic E-state index is -4.42. The molecule has 1 aromatic carbocycles. The number of benzene rings is 1. The monoisotopic (exact) mass is 287 g/mol. The van der Waals surface area contributed by atoms with Gasteiger partial charge >= 0.3 is 6.18 Å². The molecule has 0 amide bonds. The van der Waals surface area contributed by atoms with E-state index in [9.17, 15) is 13.2 Å². The molecule has 0 fully saturated rings. The topological polar surface area (TPSA) is 49.0 Å². The van der Waals surface area contributed by atoms with Crippen LogP contribution >= 0.6 is 0 Å². The first kappa shape index (κ1) is 13.3. The zero-order valence-corrected chi connectivity index (χ0v) is 10.6. The van der Waals surface area contributed by atoms with Crippen LogP contribution < -0.4 is 0 Å². The molecule has 1 aliphatic rings. The fourth-order valence-electron chi connectivity index (χ4n) is 2.28. The number of nitrogens with zero attached hydrogens (tertiary/aromatic N) is 3. The van der Waals surface area contributed by atoms with Crippen LogP contribution in [-0.2, 0) is 12.7 Å². The van der Waals surface area contributed by atoms with Gasteiger partial charge in [-0.1, -0.05) is 0 Å². The summed E-state index contributed by atoms with van der Waals surface area (Å²) in [6, 6.07) is 5.65. The molecule has 0 saturated heterocycles. The molecule has 0 aliphatic carbocycles. The van der Waals surface area contributed by atoms with Crippen LogP contribution in [0.3, 0.4) is 0 Å². The summed E-state index contributed by atoms with van der Waals surface area (Å²) in [4.78, 5) is 7.93. The van der Waals surface area contributed by atoms with E-state index in [1.165, 1.54) is 18.5 Å². The lowest BCUT2D eigenvalue weighted by atomic mass is 9.94. The Hall–Kier alpha value is -2.68. The van der Waals surface area contributed by atoms with Crippen molar-refractivity contribution in [1.29, 1.82) is 5.26 Å². The van der Waals surface area contributed by atoms with Crippen molar-refractivity contribution in [2.75, 3.05) is 0 Å². The van der Waals surface area contributed by atoms with Crippen molar-refractivity contribution in [1.82, 2.24) is 4.98 Å². The third-order valence-electron chi connectivity index (χ3n) is 3.25. The highest BCUT2D eigenvalue weighted by Gasteiger charge is 2.32. The van der Waals surface area contributed by atoms with E-state index in [4.69, 9.17) is 5.26 Å². The molecule has 2 heterocycles. The number of alkyl halides is 3. The highest BCUT2D eigenvalue weighted by Crippen LogP contribution is 2.36. The molecule has 2 aromatic rings. The SMILES string of the molecule is N#Cc1cncc(-c2cc(C(F)(F)F)cc3c2C=NC3)c1. The zero-order chi connectivity index (χ0) is 15.0. The number of aliphatic imine (C=N–C) groups is 1. The Morgan fingerprint density at radius 3 is 2.67 bits per heavy atom. The van der Waals surface area contributed by atoms with E-state index in [0.717, 1.165) is 12.1 Å². The van der Waals surface area contributed by atoms with Gasteiger partial charge in [-0.15, -0.1) is 0 Å². The smallest absolute Gasteiger partial charge is 0.288 e. The van der Waals surface area contributed by atoms with Gasteiger partial charge in [0.2, 0.25) is 0 Å². The molecule has 3 nitrogen and oxygen atoms in total. The number of hydrogen-bond donors (Lipinski definition) is 0. The van der Waals surface area contributed by atoms with Crippen molar-refractivity contribution in [3.8, 4) is 17.2 Å². The average molecular weight is 287 g/mol. The lowest BCUT2D eigenvalue weighted by Gasteiger charge is -2.13. The van der Waals surface area contributed by atoms with Crippen LogP contribution in [0.15, 0.2) is 35.6 Å². The number of halogens is 3. The van der Waals surface area contributed by atoms with E-state index in [1.54, 1.807) is 6.21 Å². The fraction of sp³-hybridized carbons (Fsp3) is 0.133. The maximum absolute atomic E-state index is 13.0. The van der Waals surface area contributed by atoms with E-state index in [-0.39, 0.29) is 6.54 Å². The summed E-state index contributed by atoms with van der Waals surface area (Å²) in [5, 5.41) is 8.89. The molecule has 21 heavy (non-hydrogen) atoms. The summed E-state index contributed by atoms with van der Waals surface area (Å²) in [7, 11) is 0. The Morgan fingerprint density at radius 1 is 1.14 bits per heavy atom. The fourth-order valence-corrected chi connectivity index (χ4v) is 2.28. The Kier molecular flexibility index (Phi) is 2.98. The van der Waals surface area contributed by atoms with Gasteiger partial charge in [-0.2, -0.15) is 18.4 Å². The molecule has 6 heteroatoms. The minimum absolute atomic E-state index is 0.234. The van der Waals surface area contributed by atoms with Gasteiger partial charge in [-0.05, 0) is 29.3 Å². The highest BCUT2D eigenvalue weighted by atomic mass is 19.4. The number of hydrogen-bond acceptors (Lipinski definition) is 3. The maximum Gasteiger partial charge on any atom is 0.416 e. The largest absolute Gasteiger partial charge is 0.416 e. The second kappa shape index (κ2) is 4.70. The van der Waals surface area contributed by atoms with Gasteiger partial charge in [-0.25, -0.2) is 0 Å². The molecule has 3 rings (SSSR count). The molecule has 0 saturated carbocycles. The summed E-state index contributed by atoms with van der Waals surface area (Å²) in [5.74, 6) is 0. The molecule has 0 unspecified atom stereocenters. The molecule has 0 bridgehead atoms. The summed E-state index contributed by atoms with van der Waals surface area (Å²) in [6.07, 6.45) is -0.0509. The maximum atomic E-state index is 13.0. The van der Waals surface area contributed by atoms with Crippen molar-refractivity contribution in [2.45, 2.75) is 12.7 Å². The average Bonchev–Trinajstić information content (AvgIpc) is 2.93. The molecule has 0 atom stereocenters. The van der Waals surface area contributed by atoms with Crippen molar-refractivity contribution in [2.24, 2.45) is 4.99 Å². The van der Waals surface area contributed by atoms with Gasteiger partial charge in [0.25, 0.3) is 0 Å². The molecule has 1 aliphatic heterocycles. The Labute approximate surface area is 118 Å². The second-order valence-corrected chi connectivity index (χ2v) is 4.64. The summed E-state index contributed by atoms with van der Waals surface area (Å²) in [5.41, 5.74) is 1.63. The molecule has 0 spiro atoms. The summed E-state index contributed by atoms with van der Waals surface area (Å²) in [6.45, 7) is 0.234. The van der Waals surface area contributed by atoms with E-state index < -0.39 is 11.7 Å². The third kappa shape index (κ3) is 2.38. The molecular formula is C15H8F3N3. The van der Waals surface area contributed by atoms with Gasteiger partial charge in [-0.3, -0.25) is 9.98 Å².